The van der Waals surface area contributed by atoms with Gasteiger partial charge < -0.3 is 14.5 Å². The van der Waals surface area contributed by atoms with E-state index >= 15 is 0 Å². The summed E-state index contributed by atoms with van der Waals surface area (Å²) in [7, 11) is 0. The number of hydrogen-bond acceptors (Lipinski definition) is 6. The molecule has 0 saturated carbocycles. The summed E-state index contributed by atoms with van der Waals surface area (Å²) < 4.78 is 10.9. The van der Waals surface area contributed by atoms with E-state index in [0.29, 0.717) is 22.7 Å². The molecule has 0 spiro atoms. The van der Waals surface area contributed by atoms with E-state index in [9.17, 15) is 19.7 Å². The van der Waals surface area contributed by atoms with Gasteiger partial charge in [-0.05, 0) is 50.3 Å². The lowest BCUT2D eigenvalue weighted by atomic mass is 10.0. The fraction of sp³-hybridized carbons (Fsp3) is 0.130. The molecule has 31 heavy (non-hydrogen) atoms. The Morgan fingerprint density at radius 2 is 2.00 bits per heavy atom. The van der Waals surface area contributed by atoms with E-state index in [1.165, 1.54) is 6.07 Å². The summed E-state index contributed by atoms with van der Waals surface area (Å²) in [6.07, 6.45) is 1.62. The second-order valence-electron chi connectivity index (χ2n) is 7.17. The second kappa shape index (κ2) is 7.91. The second-order valence-corrected chi connectivity index (χ2v) is 7.17. The summed E-state index contributed by atoms with van der Waals surface area (Å²) in [6.45, 7) is 3.30. The van der Waals surface area contributed by atoms with Crippen LogP contribution in [-0.2, 0) is 16.1 Å². The zero-order valence-corrected chi connectivity index (χ0v) is 16.8. The molecule has 1 amide bonds. The van der Waals surface area contributed by atoms with Crippen molar-refractivity contribution < 1.29 is 23.7 Å². The number of anilines is 1. The molecule has 0 atom stereocenters. The zero-order valence-electron chi connectivity index (χ0n) is 16.8. The highest BCUT2D eigenvalue weighted by Crippen LogP contribution is 2.34. The maximum atomic E-state index is 12.4. The molecule has 1 N–H and O–H groups in total. The van der Waals surface area contributed by atoms with E-state index in [-0.39, 0.29) is 23.8 Å². The smallest absolute Gasteiger partial charge is 0.345 e. The number of para-hydroxylation sites is 1. The Balaban J connectivity index is 1.50. The number of nitro groups is 1. The van der Waals surface area contributed by atoms with Crippen molar-refractivity contribution in [1.29, 1.82) is 0 Å². The van der Waals surface area contributed by atoms with Gasteiger partial charge in [0.2, 0.25) is 0 Å². The first-order valence-electron chi connectivity index (χ1n) is 9.47. The molecule has 2 aromatic carbocycles. The van der Waals surface area contributed by atoms with E-state index in [0.717, 1.165) is 16.8 Å². The van der Waals surface area contributed by atoms with Crippen molar-refractivity contribution in [3.8, 4) is 0 Å². The Morgan fingerprint density at radius 1 is 1.19 bits per heavy atom. The first-order valence-corrected chi connectivity index (χ1v) is 9.47. The maximum absolute atomic E-state index is 12.4. The van der Waals surface area contributed by atoms with Crippen LogP contribution in [0.5, 0.6) is 0 Å². The Bertz CT molecular complexity index is 1250. The molecule has 2 heterocycles. The van der Waals surface area contributed by atoms with Crippen LogP contribution in [0.2, 0.25) is 0 Å². The van der Waals surface area contributed by atoms with E-state index in [1.54, 1.807) is 37.3 Å². The molecule has 8 nitrogen and oxygen atoms in total. The van der Waals surface area contributed by atoms with Gasteiger partial charge in [0.05, 0.1) is 10.5 Å². The molecule has 0 bridgehead atoms. The van der Waals surface area contributed by atoms with Crippen LogP contribution in [0.4, 0.5) is 11.4 Å². The molecule has 3 aromatic rings. The molecule has 0 aliphatic carbocycles. The molecule has 0 saturated heterocycles. The Hall–Kier alpha value is -4.20. The number of esters is 1. The van der Waals surface area contributed by atoms with Gasteiger partial charge >= 0.3 is 5.97 Å². The number of furan rings is 1. The van der Waals surface area contributed by atoms with Gasteiger partial charge in [-0.15, -0.1) is 0 Å². The normalized spacial score (nSPS) is 13.7. The number of hydrogen-bond donors (Lipinski definition) is 1. The first-order chi connectivity index (χ1) is 14.8. The van der Waals surface area contributed by atoms with Crippen molar-refractivity contribution in [3.05, 3.63) is 92.4 Å². The highest BCUT2D eigenvalue weighted by atomic mass is 16.6. The lowest BCUT2D eigenvalue weighted by Crippen LogP contribution is -2.09. The highest BCUT2D eigenvalue weighted by molar-refractivity contribution is 6.34. The fourth-order valence-corrected chi connectivity index (χ4v) is 3.42. The van der Waals surface area contributed by atoms with E-state index < -0.39 is 10.9 Å². The van der Waals surface area contributed by atoms with Crippen LogP contribution in [0.3, 0.4) is 0 Å². The number of aryl methyl sites for hydroxylation is 2. The summed E-state index contributed by atoms with van der Waals surface area (Å²) in [6, 6.07) is 13.4. The summed E-state index contributed by atoms with van der Waals surface area (Å²) in [5.41, 5.74) is 3.01. The van der Waals surface area contributed by atoms with Crippen LogP contribution in [0, 0.1) is 24.0 Å². The number of nitrogens with zero attached hydrogens (tertiary/aromatic N) is 1. The molecule has 156 valence electrons. The SMILES string of the molecule is Cc1ccc2c(c1)/C(=C/c1ccc(COC(=O)c3cccc(C)c3[N+](=O)[O-])o1)C(=O)N2. The van der Waals surface area contributed by atoms with Crippen molar-refractivity contribution in [1.82, 2.24) is 0 Å². The summed E-state index contributed by atoms with van der Waals surface area (Å²) in [5, 5.41) is 14.1. The number of amides is 1. The van der Waals surface area contributed by atoms with E-state index in [2.05, 4.69) is 5.32 Å². The van der Waals surface area contributed by atoms with Crippen molar-refractivity contribution in [3.63, 3.8) is 0 Å². The molecule has 0 radical (unpaired) electrons. The standard InChI is InChI=1S/C23H18N2O6/c1-13-6-9-20-18(10-13)19(22(26)24-20)11-15-7-8-16(31-15)12-30-23(27)17-5-3-4-14(2)21(17)25(28)29/h3-11H,12H2,1-2H3,(H,24,26)/b19-11-. The van der Waals surface area contributed by atoms with Gasteiger partial charge in [-0.25, -0.2) is 4.79 Å². The molecule has 1 aliphatic rings. The van der Waals surface area contributed by atoms with Crippen LogP contribution in [0.1, 0.15) is 38.6 Å². The lowest BCUT2D eigenvalue weighted by molar-refractivity contribution is -0.385. The van der Waals surface area contributed by atoms with Gasteiger partial charge in [0, 0.05) is 16.8 Å². The Labute approximate surface area is 177 Å². The number of fused-ring (bicyclic) bond motifs is 1. The number of ether oxygens (including phenoxy) is 1. The van der Waals surface area contributed by atoms with Gasteiger partial charge in [0.15, 0.2) is 0 Å². The molecule has 0 fully saturated rings. The van der Waals surface area contributed by atoms with Crippen LogP contribution in [0.15, 0.2) is 52.9 Å². The summed E-state index contributed by atoms with van der Waals surface area (Å²) >= 11 is 0. The van der Waals surface area contributed by atoms with Crippen LogP contribution < -0.4 is 5.32 Å². The zero-order chi connectivity index (χ0) is 22.1. The molecule has 0 unspecified atom stereocenters. The average Bonchev–Trinajstić information content (AvgIpc) is 3.30. The third kappa shape index (κ3) is 3.95. The largest absolute Gasteiger partial charge is 0.458 e. The molecule has 4 rings (SSSR count). The number of carbonyl (C=O) groups is 2. The van der Waals surface area contributed by atoms with Crippen molar-refractivity contribution in [2.45, 2.75) is 20.5 Å². The third-order valence-electron chi connectivity index (χ3n) is 4.91. The highest BCUT2D eigenvalue weighted by Gasteiger charge is 2.25. The average molecular weight is 418 g/mol. The van der Waals surface area contributed by atoms with Gasteiger partial charge in [-0.2, -0.15) is 0 Å². The molecule has 8 heteroatoms. The lowest BCUT2D eigenvalue weighted by Gasteiger charge is -2.05. The van der Waals surface area contributed by atoms with Crippen molar-refractivity contribution in [2.24, 2.45) is 0 Å². The Kier molecular flexibility index (Phi) is 5.12. The third-order valence-corrected chi connectivity index (χ3v) is 4.91. The molecule has 1 aromatic heterocycles. The predicted octanol–water partition coefficient (Wildman–Crippen LogP) is 4.65. The minimum absolute atomic E-state index is 0.117. The van der Waals surface area contributed by atoms with Crippen molar-refractivity contribution in [2.75, 3.05) is 5.32 Å². The first kappa shape index (κ1) is 20.1. The van der Waals surface area contributed by atoms with Crippen LogP contribution >= 0.6 is 0 Å². The van der Waals surface area contributed by atoms with Gasteiger partial charge in [-0.1, -0.05) is 23.8 Å². The number of rotatable bonds is 5. The number of nitro benzene ring substituents is 1. The van der Waals surface area contributed by atoms with Gasteiger partial charge in [0.1, 0.15) is 23.7 Å². The summed E-state index contributed by atoms with van der Waals surface area (Å²) in [5.74, 6) is -0.270. The van der Waals surface area contributed by atoms with Gasteiger partial charge in [0.25, 0.3) is 11.6 Å². The van der Waals surface area contributed by atoms with E-state index in [4.69, 9.17) is 9.15 Å². The molecular formula is C23H18N2O6. The fourth-order valence-electron chi connectivity index (χ4n) is 3.42. The predicted molar refractivity (Wildman–Crippen MR) is 113 cm³/mol. The quantitative estimate of drug-likeness (QED) is 0.279. The summed E-state index contributed by atoms with van der Waals surface area (Å²) in [4.78, 5) is 35.3. The van der Waals surface area contributed by atoms with E-state index in [1.807, 2.05) is 25.1 Å². The number of carbonyl (C=O) groups excluding carboxylic acids is 2. The van der Waals surface area contributed by atoms with Gasteiger partial charge in [-0.3, -0.25) is 14.9 Å². The number of nitrogens with one attached hydrogen (secondary N) is 1. The topological polar surface area (TPSA) is 112 Å². The Morgan fingerprint density at radius 3 is 2.77 bits per heavy atom. The minimum atomic E-state index is -0.814. The molecule has 1 aliphatic heterocycles. The maximum Gasteiger partial charge on any atom is 0.345 e. The minimum Gasteiger partial charge on any atom is -0.458 e. The van der Waals surface area contributed by atoms with Crippen LogP contribution in [0.25, 0.3) is 11.6 Å². The van der Waals surface area contributed by atoms with Crippen molar-refractivity contribution >= 4 is 34.9 Å². The number of benzene rings is 2. The molecular weight excluding hydrogens is 400 g/mol. The van der Waals surface area contributed by atoms with Crippen LogP contribution in [-0.4, -0.2) is 16.8 Å². The monoisotopic (exact) mass is 418 g/mol.